The van der Waals surface area contributed by atoms with Crippen molar-refractivity contribution in [3.05, 3.63) is 34.2 Å². The zero-order valence-electron chi connectivity index (χ0n) is 12.1. The number of hydrogen-bond acceptors (Lipinski definition) is 0. The minimum absolute atomic E-state index is 0.644. The Balaban J connectivity index is 3.72. The summed E-state index contributed by atoms with van der Waals surface area (Å²) >= 11 is 2.60. The van der Waals surface area contributed by atoms with E-state index in [1.165, 1.54) is 0 Å². The lowest BCUT2D eigenvalue weighted by molar-refractivity contribution is 0.0167. The Morgan fingerprint density at radius 1 is 1.55 bits per heavy atom. The van der Waals surface area contributed by atoms with Gasteiger partial charge in [0.25, 0.3) is 5.92 Å². The van der Waals surface area contributed by atoms with Gasteiger partial charge in [-0.25, -0.2) is 8.78 Å². The maximum absolute atomic E-state index is 13.7. The van der Waals surface area contributed by atoms with Crippen molar-refractivity contribution in [2.45, 2.75) is 12.8 Å². The molecule has 0 saturated carbocycles. The van der Waals surface area contributed by atoms with Gasteiger partial charge >= 0.3 is 0 Å². The van der Waals surface area contributed by atoms with Crippen LogP contribution in [-0.4, -0.2) is 0 Å². The predicted molar refractivity (Wildman–Crippen MR) is 43.7 cm³/mol. The van der Waals surface area contributed by atoms with Gasteiger partial charge in [-0.15, -0.1) is 0 Å². The van der Waals surface area contributed by atoms with Crippen LogP contribution in [0.4, 0.5) is 8.78 Å². The second-order valence-electron chi connectivity index (χ2n) is 1.76. The molecule has 1 aromatic carbocycles. The first-order chi connectivity index (χ1) is 7.93. The summed E-state index contributed by atoms with van der Waals surface area (Å²) in [4.78, 5) is 0. The van der Waals surface area contributed by atoms with E-state index in [0.29, 0.717) is 0 Å². The van der Waals surface area contributed by atoms with Crippen LogP contribution in [0.25, 0.3) is 0 Å². The molecule has 0 heterocycles. The normalized spacial score (nSPS) is 21.9. The second kappa shape index (κ2) is 2.89. The molecule has 0 fully saturated rings. The third-order valence-corrected chi connectivity index (χ3v) is 1.55. The molecule has 0 N–H and O–H groups in total. The van der Waals surface area contributed by atoms with Crippen LogP contribution < -0.4 is 0 Å². The van der Waals surface area contributed by atoms with Crippen LogP contribution in [0.1, 0.15) is 22.0 Å². The van der Waals surface area contributed by atoms with Crippen molar-refractivity contribution in [1.82, 2.24) is 0 Å². The van der Waals surface area contributed by atoms with Gasteiger partial charge in [-0.2, -0.15) is 0 Å². The molecule has 1 rings (SSSR count). The van der Waals surface area contributed by atoms with Crippen LogP contribution in [-0.2, 0) is 5.92 Å². The predicted octanol–water partition coefficient (Wildman–Crippen LogP) is 3.56. The molecule has 0 unspecified atom stereocenters. The largest absolute Gasteiger partial charge is 0.271 e. The van der Waals surface area contributed by atoms with Crippen molar-refractivity contribution in [2.24, 2.45) is 0 Å². The van der Waals surface area contributed by atoms with Gasteiger partial charge in [0.05, 0.1) is 5.48 Å². The quantitative estimate of drug-likeness (QED) is 0.689. The highest BCUT2D eigenvalue weighted by molar-refractivity contribution is 9.10. The molecule has 0 aliphatic rings. The molecule has 0 atom stereocenters. The zero-order chi connectivity index (χ0) is 14.5. The molecule has 60 valence electrons. The second-order valence-corrected chi connectivity index (χ2v) is 2.56. The van der Waals surface area contributed by atoms with E-state index in [0.717, 1.165) is 0 Å². The average molecular weight is 228 g/mol. The van der Waals surface area contributed by atoms with E-state index < -0.39 is 47.0 Å². The fraction of sp³-hybridized carbons (Fsp3) is 0.250. The SMILES string of the molecule is [2H]c1c([2H])c([2H])c(C(F)(F)C([2H])([2H])[2H])c(Br)c1[2H]. The van der Waals surface area contributed by atoms with Crippen molar-refractivity contribution >= 4 is 15.9 Å². The van der Waals surface area contributed by atoms with Gasteiger partial charge in [-0.05, 0) is 6.04 Å². The summed E-state index contributed by atoms with van der Waals surface area (Å²) in [7, 11) is 0. The number of hydrogen-bond donors (Lipinski definition) is 0. The van der Waals surface area contributed by atoms with E-state index in [9.17, 15) is 8.78 Å². The van der Waals surface area contributed by atoms with Crippen LogP contribution in [0.15, 0.2) is 28.6 Å². The first-order valence-corrected chi connectivity index (χ1v) is 3.36. The van der Waals surface area contributed by atoms with E-state index in [2.05, 4.69) is 15.9 Å². The summed E-state index contributed by atoms with van der Waals surface area (Å²) < 4.78 is 76.4. The highest BCUT2D eigenvalue weighted by Gasteiger charge is 2.25. The summed E-state index contributed by atoms with van der Waals surface area (Å²) in [6.07, 6.45) is 0. The summed E-state index contributed by atoms with van der Waals surface area (Å²) in [5.74, 6) is -4.37. The molecular formula is C8H7BrF2. The third-order valence-electron chi connectivity index (χ3n) is 0.956. The number of benzene rings is 1. The number of rotatable bonds is 1. The molecule has 0 amide bonds. The fourth-order valence-electron chi connectivity index (χ4n) is 0.514. The van der Waals surface area contributed by atoms with Crippen molar-refractivity contribution in [3.63, 3.8) is 0 Å². The smallest absolute Gasteiger partial charge is 0.202 e. The Kier molecular flexibility index (Phi) is 0.823. The molecule has 3 heteroatoms. The van der Waals surface area contributed by atoms with Gasteiger partial charge in [0, 0.05) is 21.0 Å². The molecular weight excluding hydrogens is 214 g/mol. The lowest BCUT2D eigenvalue weighted by Crippen LogP contribution is -2.07. The Morgan fingerprint density at radius 2 is 2.18 bits per heavy atom. The molecule has 0 radical (unpaired) electrons. The van der Waals surface area contributed by atoms with Gasteiger partial charge in [-0.3, -0.25) is 0 Å². The number of halogens is 3. The first-order valence-electron chi connectivity index (χ1n) is 6.07. The van der Waals surface area contributed by atoms with Gasteiger partial charge in [0.15, 0.2) is 0 Å². The summed E-state index contributed by atoms with van der Waals surface area (Å²) in [6, 6.07) is -3.42. The summed E-state index contributed by atoms with van der Waals surface area (Å²) in [5.41, 5.74) is -1.26. The summed E-state index contributed by atoms with van der Waals surface area (Å²) in [6.45, 7) is -3.70. The molecule has 0 aliphatic heterocycles. The Hall–Kier alpha value is -0.440. The monoisotopic (exact) mass is 227 g/mol. The first kappa shape index (κ1) is 3.13. The lowest BCUT2D eigenvalue weighted by Gasteiger charge is -2.11. The van der Waals surface area contributed by atoms with Crippen LogP contribution in [0.2, 0.25) is 0 Å². The Bertz CT molecular complexity index is 468. The van der Waals surface area contributed by atoms with Crippen LogP contribution >= 0.6 is 15.9 Å². The number of alkyl halides is 2. The van der Waals surface area contributed by atoms with Crippen LogP contribution in [0.5, 0.6) is 0 Å². The molecule has 0 aliphatic carbocycles. The van der Waals surface area contributed by atoms with Gasteiger partial charge in [0.1, 0.15) is 0 Å². The lowest BCUT2D eigenvalue weighted by atomic mass is 10.1. The van der Waals surface area contributed by atoms with E-state index in [-0.39, 0.29) is 0 Å². The molecule has 1 aromatic rings. The molecule has 0 nitrogen and oxygen atoms in total. The summed E-state index contributed by atoms with van der Waals surface area (Å²) in [5, 5.41) is 0. The highest BCUT2D eigenvalue weighted by atomic mass is 79.9. The minimum Gasteiger partial charge on any atom is -0.202 e. The molecule has 11 heavy (non-hydrogen) atoms. The van der Waals surface area contributed by atoms with Gasteiger partial charge < -0.3 is 0 Å². The van der Waals surface area contributed by atoms with Crippen molar-refractivity contribution in [2.75, 3.05) is 0 Å². The van der Waals surface area contributed by atoms with E-state index in [1.807, 2.05) is 0 Å². The van der Waals surface area contributed by atoms with E-state index >= 15 is 0 Å². The fourth-order valence-corrected chi connectivity index (χ4v) is 0.961. The Morgan fingerprint density at radius 3 is 2.82 bits per heavy atom. The van der Waals surface area contributed by atoms with Crippen molar-refractivity contribution in [1.29, 1.82) is 0 Å². The minimum atomic E-state index is -4.37. The van der Waals surface area contributed by atoms with Crippen LogP contribution in [0, 0.1) is 0 Å². The van der Waals surface area contributed by atoms with Gasteiger partial charge in [0.2, 0.25) is 0 Å². The maximum Gasteiger partial charge on any atom is 0.271 e. The standard InChI is InChI=1S/C8H7BrF2/c1-8(10,11)6-4-2-3-5-7(6)9/h2-5H,1H3/i1D3,2D,3D,4D,5D. The van der Waals surface area contributed by atoms with E-state index in [4.69, 9.17) is 9.60 Å². The zero-order valence-corrected chi connectivity index (χ0v) is 6.72. The average Bonchev–Trinajstić information content (AvgIpc) is 2.22. The van der Waals surface area contributed by atoms with Gasteiger partial charge in [-0.1, -0.05) is 34.1 Å². The van der Waals surface area contributed by atoms with Crippen molar-refractivity contribution in [3.8, 4) is 0 Å². The Labute approximate surface area is 82.2 Å². The molecule has 0 spiro atoms. The van der Waals surface area contributed by atoms with Crippen molar-refractivity contribution < 1.29 is 18.4 Å². The molecule has 0 saturated heterocycles. The maximum atomic E-state index is 13.7. The highest BCUT2D eigenvalue weighted by Crippen LogP contribution is 2.32. The topological polar surface area (TPSA) is 0 Å². The van der Waals surface area contributed by atoms with Crippen LogP contribution in [0.3, 0.4) is 0 Å². The molecule has 0 bridgehead atoms. The third kappa shape index (κ3) is 1.99. The molecule has 0 aromatic heterocycles. The van der Waals surface area contributed by atoms with E-state index in [1.54, 1.807) is 0 Å².